The summed E-state index contributed by atoms with van der Waals surface area (Å²) in [6.07, 6.45) is 0. The fraction of sp³-hybridized carbons (Fsp3) is 0.316. The molecule has 1 fully saturated rings. The molecule has 0 radical (unpaired) electrons. The molecule has 1 heterocycles. The molecule has 2 aromatic rings. The van der Waals surface area contributed by atoms with Gasteiger partial charge < -0.3 is 9.84 Å². The molecular formula is C19H19FN2O4S. The Bertz CT molecular complexity index is 995. The maximum Gasteiger partial charge on any atom is 0.243 e. The first-order valence-corrected chi connectivity index (χ1v) is 9.74. The van der Waals surface area contributed by atoms with Crippen LogP contribution >= 0.6 is 0 Å². The van der Waals surface area contributed by atoms with Crippen molar-refractivity contribution in [2.24, 2.45) is 5.41 Å². The third-order valence-corrected chi connectivity index (χ3v) is 6.63. The van der Waals surface area contributed by atoms with E-state index in [9.17, 15) is 17.9 Å². The zero-order valence-electron chi connectivity index (χ0n) is 14.7. The van der Waals surface area contributed by atoms with Crippen molar-refractivity contribution in [1.82, 2.24) is 4.31 Å². The summed E-state index contributed by atoms with van der Waals surface area (Å²) in [4.78, 5) is 0.242. The van der Waals surface area contributed by atoms with Crippen LogP contribution < -0.4 is 4.74 Å². The Morgan fingerprint density at radius 3 is 2.59 bits per heavy atom. The monoisotopic (exact) mass is 390 g/mol. The van der Waals surface area contributed by atoms with Gasteiger partial charge in [0.25, 0.3) is 0 Å². The minimum absolute atomic E-state index is 0.0363. The molecule has 0 spiro atoms. The third-order valence-electron chi connectivity index (χ3n) is 4.68. The van der Waals surface area contributed by atoms with Crippen LogP contribution in [0.4, 0.5) is 4.39 Å². The fourth-order valence-corrected chi connectivity index (χ4v) is 4.90. The highest BCUT2D eigenvalue weighted by Gasteiger charge is 2.49. The Kier molecular flexibility index (Phi) is 5.20. The highest BCUT2D eigenvalue weighted by molar-refractivity contribution is 7.89. The first-order valence-electron chi connectivity index (χ1n) is 8.30. The van der Waals surface area contributed by atoms with E-state index in [0.717, 1.165) is 6.07 Å². The summed E-state index contributed by atoms with van der Waals surface area (Å²) in [5.74, 6) is -0.468. The van der Waals surface area contributed by atoms with Crippen LogP contribution in [-0.4, -0.2) is 44.1 Å². The molecule has 0 bridgehead atoms. The quantitative estimate of drug-likeness (QED) is 0.815. The first kappa shape index (κ1) is 19.3. The minimum atomic E-state index is -3.64. The molecule has 8 heteroatoms. The second-order valence-electron chi connectivity index (χ2n) is 6.74. The van der Waals surface area contributed by atoms with Crippen molar-refractivity contribution >= 4 is 10.0 Å². The lowest BCUT2D eigenvalue weighted by atomic mass is 9.83. The maximum absolute atomic E-state index is 13.7. The van der Waals surface area contributed by atoms with E-state index < -0.39 is 21.3 Å². The van der Waals surface area contributed by atoms with E-state index in [-0.39, 0.29) is 42.5 Å². The highest BCUT2D eigenvalue weighted by Crippen LogP contribution is 2.36. The second-order valence-corrected chi connectivity index (χ2v) is 8.65. The van der Waals surface area contributed by atoms with Gasteiger partial charge in [0.05, 0.1) is 29.1 Å². The number of aliphatic hydroxyl groups is 1. The summed E-state index contributed by atoms with van der Waals surface area (Å²) in [5, 5.41) is 18.5. The minimum Gasteiger partial charge on any atom is -0.493 e. The van der Waals surface area contributed by atoms with Crippen molar-refractivity contribution in [3.8, 4) is 11.8 Å². The lowest BCUT2D eigenvalue weighted by Crippen LogP contribution is -2.62. The van der Waals surface area contributed by atoms with E-state index in [0.29, 0.717) is 5.56 Å². The molecule has 142 valence electrons. The molecule has 0 unspecified atom stereocenters. The lowest BCUT2D eigenvalue weighted by molar-refractivity contribution is -0.0273. The van der Waals surface area contributed by atoms with Gasteiger partial charge in [-0.15, -0.1) is 0 Å². The van der Waals surface area contributed by atoms with E-state index in [4.69, 9.17) is 10.00 Å². The summed E-state index contributed by atoms with van der Waals surface area (Å²) in [5.41, 5.74) is -0.179. The molecule has 0 aliphatic carbocycles. The van der Waals surface area contributed by atoms with Gasteiger partial charge in [0.2, 0.25) is 10.0 Å². The van der Waals surface area contributed by atoms with Crippen molar-refractivity contribution in [2.45, 2.75) is 11.8 Å². The molecule has 0 amide bonds. The summed E-state index contributed by atoms with van der Waals surface area (Å²) < 4.78 is 46.0. The third kappa shape index (κ3) is 3.67. The maximum atomic E-state index is 13.7. The molecule has 2 aromatic carbocycles. The molecule has 0 saturated carbocycles. The van der Waals surface area contributed by atoms with Gasteiger partial charge in [-0.2, -0.15) is 9.57 Å². The standard InChI is InChI=1S/C19H19FN2O4S/c1-14-4-2-3-5-18(14)27(24,25)22-10-19(11-22,12-23)13-26-16-7-6-15(9-21)17(20)8-16/h2-8,23H,10-13H2,1H3. The predicted molar refractivity (Wildman–Crippen MR) is 96.1 cm³/mol. The van der Waals surface area contributed by atoms with Crippen molar-refractivity contribution in [1.29, 1.82) is 5.26 Å². The van der Waals surface area contributed by atoms with Crippen LogP contribution in [0.3, 0.4) is 0 Å². The lowest BCUT2D eigenvalue weighted by Gasteiger charge is -2.47. The zero-order chi connectivity index (χ0) is 19.7. The number of sulfonamides is 1. The number of rotatable bonds is 6. The summed E-state index contributed by atoms with van der Waals surface area (Å²) in [7, 11) is -3.64. The van der Waals surface area contributed by atoms with Gasteiger partial charge in [-0.05, 0) is 30.7 Å². The Labute approximate surface area is 157 Å². The number of nitriles is 1. The summed E-state index contributed by atoms with van der Waals surface area (Å²) in [6.45, 7) is 1.73. The predicted octanol–water partition coefficient (Wildman–Crippen LogP) is 2.07. The number of hydrogen-bond acceptors (Lipinski definition) is 5. The Hall–Kier alpha value is -2.47. The molecule has 3 rings (SSSR count). The zero-order valence-corrected chi connectivity index (χ0v) is 15.5. The molecule has 1 saturated heterocycles. The number of nitrogens with zero attached hydrogens (tertiary/aromatic N) is 2. The van der Waals surface area contributed by atoms with E-state index in [2.05, 4.69) is 0 Å². The second kappa shape index (κ2) is 7.27. The van der Waals surface area contributed by atoms with E-state index >= 15 is 0 Å². The van der Waals surface area contributed by atoms with Crippen molar-refractivity contribution in [3.63, 3.8) is 0 Å². The van der Waals surface area contributed by atoms with Crippen LogP contribution in [0.15, 0.2) is 47.4 Å². The van der Waals surface area contributed by atoms with Crippen LogP contribution in [0.1, 0.15) is 11.1 Å². The number of aliphatic hydroxyl groups excluding tert-OH is 1. The topological polar surface area (TPSA) is 90.6 Å². The smallest absolute Gasteiger partial charge is 0.243 e. The van der Waals surface area contributed by atoms with Crippen LogP contribution in [0.2, 0.25) is 0 Å². The van der Waals surface area contributed by atoms with E-state index in [1.54, 1.807) is 37.3 Å². The fourth-order valence-electron chi connectivity index (χ4n) is 3.01. The highest BCUT2D eigenvalue weighted by atomic mass is 32.2. The Morgan fingerprint density at radius 1 is 1.30 bits per heavy atom. The average Bonchev–Trinajstić information content (AvgIpc) is 2.61. The largest absolute Gasteiger partial charge is 0.493 e. The van der Waals surface area contributed by atoms with Crippen LogP contribution in [0.5, 0.6) is 5.75 Å². The SMILES string of the molecule is Cc1ccccc1S(=O)(=O)N1CC(CO)(COc2ccc(C#N)c(F)c2)C1. The molecule has 6 nitrogen and oxygen atoms in total. The molecule has 1 N–H and O–H groups in total. The Morgan fingerprint density at radius 2 is 2.00 bits per heavy atom. The first-order chi connectivity index (χ1) is 12.8. The van der Waals surface area contributed by atoms with Gasteiger partial charge in [0.15, 0.2) is 0 Å². The molecule has 1 aliphatic rings. The van der Waals surface area contributed by atoms with Gasteiger partial charge in [-0.1, -0.05) is 18.2 Å². The van der Waals surface area contributed by atoms with Gasteiger partial charge in [-0.3, -0.25) is 0 Å². The summed E-state index contributed by atoms with van der Waals surface area (Å²) in [6, 6.07) is 12.3. The van der Waals surface area contributed by atoms with E-state index in [1.807, 2.05) is 0 Å². The number of hydrogen-bond donors (Lipinski definition) is 1. The number of benzene rings is 2. The number of halogens is 1. The molecule has 27 heavy (non-hydrogen) atoms. The molecule has 0 atom stereocenters. The van der Waals surface area contributed by atoms with Crippen molar-refractivity contribution < 1.29 is 22.7 Å². The van der Waals surface area contributed by atoms with Crippen LogP contribution in [-0.2, 0) is 10.0 Å². The van der Waals surface area contributed by atoms with Crippen molar-refractivity contribution in [3.05, 3.63) is 59.4 Å². The molecule has 1 aliphatic heterocycles. The number of ether oxygens (including phenoxy) is 1. The molecular weight excluding hydrogens is 371 g/mol. The number of aryl methyl sites for hydroxylation is 1. The normalized spacial score (nSPS) is 16.4. The van der Waals surface area contributed by atoms with Crippen LogP contribution in [0.25, 0.3) is 0 Å². The van der Waals surface area contributed by atoms with Gasteiger partial charge in [0, 0.05) is 19.2 Å². The van der Waals surface area contributed by atoms with Gasteiger partial charge in [-0.25, -0.2) is 12.8 Å². The molecule has 0 aromatic heterocycles. The Balaban J connectivity index is 1.68. The van der Waals surface area contributed by atoms with E-state index in [1.165, 1.54) is 16.4 Å². The average molecular weight is 390 g/mol. The van der Waals surface area contributed by atoms with Gasteiger partial charge in [0.1, 0.15) is 17.6 Å². The van der Waals surface area contributed by atoms with Gasteiger partial charge >= 0.3 is 0 Å². The van der Waals surface area contributed by atoms with Crippen molar-refractivity contribution in [2.75, 3.05) is 26.3 Å². The summed E-state index contributed by atoms with van der Waals surface area (Å²) >= 11 is 0. The van der Waals surface area contributed by atoms with Crippen LogP contribution in [0, 0.1) is 29.5 Å².